The van der Waals surface area contributed by atoms with Gasteiger partial charge in [0.25, 0.3) is 0 Å². The molecule has 1 N–H and O–H groups in total. The number of aromatic nitrogens is 2. The van der Waals surface area contributed by atoms with Crippen molar-refractivity contribution in [2.75, 3.05) is 13.7 Å². The number of rotatable bonds is 4. The monoisotopic (exact) mass is 355 g/mol. The predicted molar refractivity (Wildman–Crippen MR) is 95.7 cm³/mol. The number of hydrogen-bond acceptors (Lipinski definition) is 7. The molecule has 3 aromatic heterocycles. The lowest BCUT2D eigenvalue weighted by molar-refractivity contribution is -0.142. The number of nitrogens with one attached hydrogen (secondary N) is 1. The fraction of sp³-hybridized carbons (Fsp3) is 0.278. The highest BCUT2D eigenvalue weighted by atomic mass is 32.1. The van der Waals surface area contributed by atoms with Crippen molar-refractivity contribution in [3.8, 4) is 17.1 Å². The molecule has 0 unspecified atom stereocenters. The Balaban J connectivity index is 1.63. The molecule has 1 aliphatic rings. The van der Waals surface area contributed by atoms with E-state index in [0.717, 1.165) is 27.4 Å². The molecule has 0 radical (unpaired) electrons. The van der Waals surface area contributed by atoms with Gasteiger partial charge in [0, 0.05) is 25.2 Å². The molecule has 6 nitrogen and oxygen atoms in total. The summed E-state index contributed by atoms with van der Waals surface area (Å²) in [5, 5.41) is 5.14. The van der Waals surface area contributed by atoms with Crippen molar-refractivity contribution < 1.29 is 14.3 Å². The van der Waals surface area contributed by atoms with Crippen LogP contribution >= 0.6 is 11.3 Å². The molecule has 0 saturated carbocycles. The summed E-state index contributed by atoms with van der Waals surface area (Å²) in [4.78, 5) is 20.7. The standard InChI is InChI=1S/C18H17N3O3S/c1-23-18(22)15-8-11(10-20-15)24-16-9-14(12-4-2-3-6-19-12)21-13-5-7-25-17(13)16/h2-7,9,11,15,20H,8,10H2,1H3/t11-,15+/m1/s1. The Hall–Kier alpha value is -2.51. The number of fused-ring (bicyclic) bond motifs is 1. The number of esters is 1. The van der Waals surface area contributed by atoms with E-state index >= 15 is 0 Å². The van der Waals surface area contributed by atoms with Gasteiger partial charge >= 0.3 is 5.97 Å². The highest BCUT2D eigenvalue weighted by molar-refractivity contribution is 7.17. The van der Waals surface area contributed by atoms with Gasteiger partial charge in [-0.2, -0.15) is 0 Å². The largest absolute Gasteiger partial charge is 0.487 e. The number of carbonyl (C=O) groups is 1. The van der Waals surface area contributed by atoms with Gasteiger partial charge in [-0.25, -0.2) is 4.98 Å². The van der Waals surface area contributed by atoms with Gasteiger partial charge in [0.05, 0.1) is 28.7 Å². The Morgan fingerprint density at radius 3 is 3.04 bits per heavy atom. The first kappa shape index (κ1) is 16.0. The minimum absolute atomic E-state index is 0.0895. The fourth-order valence-corrected chi connectivity index (χ4v) is 3.74. The van der Waals surface area contributed by atoms with Crippen molar-refractivity contribution in [2.45, 2.75) is 18.6 Å². The fourth-order valence-electron chi connectivity index (χ4n) is 2.95. The molecule has 4 heterocycles. The molecule has 2 atom stereocenters. The van der Waals surface area contributed by atoms with Crippen LogP contribution in [0.25, 0.3) is 21.6 Å². The van der Waals surface area contributed by atoms with E-state index in [9.17, 15) is 4.79 Å². The molecule has 128 valence electrons. The zero-order chi connectivity index (χ0) is 17.2. The summed E-state index contributed by atoms with van der Waals surface area (Å²) in [5.74, 6) is 0.522. The highest BCUT2D eigenvalue weighted by Crippen LogP contribution is 2.34. The van der Waals surface area contributed by atoms with Crippen LogP contribution in [0.1, 0.15) is 6.42 Å². The summed E-state index contributed by atoms with van der Waals surface area (Å²) < 4.78 is 12.0. The van der Waals surface area contributed by atoms with E-state index in [1.54, 1.807) is 17.5 Å². The van der Waals surface area contributed by atoms with Crippen molar-refractivity contribution >= 4 is 27.5 Å². The molecule has 1 aliphatic heterocycles. The Morgan fingerprint density at radius 2 is 2.24 bits per heavy atom. The van der Waals surface area contributed by atoms with Crippen LogP contribution in [0.5, 0.6) is 5.75 Å². The molecule has 7 heteroatoms. The number of carbonyl (C=O) groups excluding carboxylic acids is 1. The van der Waals surface area contributed by atoms with Crippen molar-refractivity contribution in [3.63, 3.8) is 0 Å². The van der Waals surface area contributed by atoms with Gasteiger partial charge in [-0.05, 0) is 23.6 Å². The van der Waals surface area contributed by atoms with Crippen LogP contribution in [0, 0.1) is 0 Å². The third-order valence-corrected chi connectivity index (χ3v) is 5.09. The average molecular weight is 355 g/mol. The Bertz CT molecular complexity index is 897. The third kappa shape index (κ3) is 3.20. The van der Waals surface area contributed by atoms with Gasteiger partial charge in [0.2, 0.25) is 0 Å². The molecule has 25 heavy (non-hydrogen) atoms. The number of nitrogens with zero attached hydrogens (tertiary/aromatic N) is 2. The van der Waals surface area contributed by atoms with Crippen LogP contribution in [-0.4, -0.2) is 41.7 Å². The molecule has 0 aromatic carbocycles. The Kier molecular flexibility index (Phi) is 4.33. The molecule has 1 fully saturated rings. The summed E-state index contributed by atoms with van der Waals surface area (Å²) in [7, 11) is 1.40. The SMILES string of the molecule is COC(=O)[C@@H]1C[C@@H](Oc2cc(-c3ccccn3)nc3ccsc23)CN1. The molecule has 0 aliphatic carbocycles. The predicted octanol–water partition coefficient (Wildman–Crippen LogP) is 2.64. The van der Waals surface area contributed by atoms with E-state index in [0.29, 0.717) is 13.0 Å². The number of methoxy groups -OCH3 is 1. The Morgan fingerprint density at radius 1 is 1.32 bits per heavy atom. The first-order chi connectivity index (χ1) is 12.2. The second kappa shape index (κ2) is 6.78. The van der Waals surface area contributed by atoms with E-state index in [1.165, 1.54) is 7.11 Å². The average Bonchev–Trinajstić information content (AvgIpc) is 3.31. The minimum Gasteiger partial charge on any atom is -0.487 e. The van der Waals surface area contributed by atoms with Crippen LogP contribution < -0.4 is 10.1 Å². The van der Waals surface area contributed by atoms with Crippen molar-refractivity contribution in [1.29, 1.82) is 0 Å². The summed E-state index contributed by atoms with van der Waals surface area (Å²) in [6, 6.07) is 9.32. The van der Waals surface area contributed by atoms with Crippen LogP contribution in [0.15, 0.2) is 41.9 Å². The lowest BCUT2D eigenvalue weighted by atomic mass is 10.2. The van der Waals surface area contributed by atoms with Crippen LogP contribution in [0.2, 0.25) is 0 Å². The van der Waals surface area contributed by atoms with E-state index in [1.807, 2.05) is 35.7 Å². The molecule has 0 amide bonds. The van der Waals surface area contributed by atoms with Gasteiger partial charge < -0.3 is 14.8 Å². The number of hydrogen-bond donors (Lipinski definition) is 1. The van der Waals surface area contributed by atoms with Crippen LogP contribution in [-0.2, 0) is 9.53 Å². The van der Waals surface area contributed by atoms with E-state index < -0.39 is 0 Å². The topological polar surface area (TPSA) is 73.3 Å². The molecular weight excluding hydrogens is 338 g/mol. The number of thiophene rings is 1. The third-order valence-electron chi connectivity index (χ3n) is 4.17. The second-order valence-electron chi connectivity index (χ2n) is 5.82. The van der Waals surface area contributed by atoms with Gasteiger partial charge in [0.15, 0.2) is 0 Å². The normalized spacial score (nSPS) is 19.9. The first-order valence-corrected chi connectivity index (χ1v) is 8.90. The Labute approximate surface area is 148 Å². The highest BCUT2D eigenvalue weighted by Gasteiger charge is 2.31. The van der Waals surface area contributed by atoms with Gasteiger partial charge in [-0.15, -0.1) is 11.3 Å². The lowest BCUT2D eigenvalue weighted by Crippen LogP contribution is -2.31. The maximum Gasteiger partial charge on any atom is 0.323 e. The van der Waals surface area contributed by atoms with Crippen LogP contribution in [0.4, 0.5) is 0 Å². The molecule has 0 spiro atoms. The zero-order valence-electron chi connectivity index (χ0n) is 13.6. The van der Waals surface area contributed by atoms with Crippen molar-refractivity contribution in [2.24, 2.45) is 0 Å². The number of ether oxygens (including phenoxy) is 2. The molecule has 1 saturated heterocycles. The van der Waals surface area contributed by atoms with Gasteiger partial charge in [0.1, 0.15) is 17.9 Å². The lowest BCUT2D eigenvalue weighted by Gasteiger charge is -2.14. The zero-order valence-corrected chi connectivity index (χ0v) is 14.5. The summed E-state index contributed by atoms with van der Waals surface area (Å²) >= 11 is 1.59. The summed E-state index contributed by atoms with van der Waals surface area (Å²) in [5.41, 5.74) is 2.47. The van der Waals surface area contributed by atoms with Gasteiger partial charge in [-0.3, -0.25) is 9.78 Å². The van der Waals surface area contributed by atoms with Crippen molar-refractivity contribution in [3.05, 3.63) is 41.9 Å². The maximum atomic E-state index is 11.7. The minimum atomic E-state index is -0.314. The molecule has 4 rings (SSSR count). The smallest absolute Gasteiger partial charge is 0.323 e. The quantitative estimate of drug-likeness (QED) is 0.726. The van der Waals surface area contributed by atoms with E-state index in [4.69, 9.17) is 9.47 Å². The van der Waals surface area contributed by atoms with Gasteiger partial charge in [-0.1, -0.05) is 6.07 Å². The number of pyridine rings is 2. The van der Waals surface area contributed by atoms with Crippen LogP contribution in [0.3, 0.4) is 0 Å². The molecular formula is C18H17N3O3S. The second-order valence-corrected chi connectivity index (χ2v) is 6.73. The van der Waals surface area contributed by atoms with Crippen molar-refractivity contribution in [1.82, 2.24) is 15.3 Å². The molecule has 0 bridgehead atoms. The summed E-state index contributed by atoms with van der Waals surface area (Å²) in [6.07, 6.45) is 2.24. The van der Waals surface area contributed by atoms with E-state index in [-0.39, 0.29) is 18.1 Å². The molecule has 3 aromatic rings. The summed E-state index contributed by atoms with van der Waals surface area (Å²) in [6.45, 7) is 0.605. The van der Waals surface area contributed by atoms with E-state index in [2.05, 4.69) is 15.3 Å². The first-order valence-electron chi connectivity index (χ1n) is 8.02. The maximum absolute atomic E-state index is 11.7.